The molecule has 1 N–H and O–H groups in total. The van der Waals surface area contributed by atoms with Crippen molar-refractivity contribution in [2.75, 3.05) is 11.9 Å². The predicted molar refractivity (Wildman–Crippen MR) is 95.6 cm³/mol. The van der Waals surface area contributed by atoms with Gasteiger partial charge in [-0.2, -0.15) is 5.26 Å². The van der Waals surface area contributed by atoms with E-state index in [0.29, 0.717) is 16.3 Å². The molecule has 24 heavy (non-hydrogen) atoms. The molecule has 3 rings (SSSR count). The third-order valence-electron chi connectivity index (χ3n) is 4.18. The lowest BCUT2D eigenvalue weighted by molar-refractivity contribution is -0.118. The second-order valence-electron chi connectivity index (χ2n) is 6.03. The van der Waals surface area contributed by atoms with Crippen LogP contribution < -0.4 is 10.1 Å². The average molecular weight is 340 g/mol. The first-order valence-electron chi connectivity index (χ1n) is 8.21. The summed E-state index contributed by atoms with van der Waals surface area (Å²) in [5.74, 6) is 0.432. The third-order valence-corrected chi connectivity index (χ3v) is 5.38. The molecule has 0 unspecified atom stereocenters. The molecule has 124 valence electrons. The fourth-order valence-electron chi connectivity index (χ4n) is 2.90. The van der Waals surface area contributed by atoms with Crippen molar-refractivity contribution in [2.24, 2.45) is 0 Å². The summed E-state index contributed by atoms with van der Waals surface area (Å²) in [4.78, 5) is 13.4. The third kappa shape index (κ3) is 3.77. The highest BCUT2D eigenvalue weighted by atomic mass is 32.1. The number of hydrogen-bond donors (Lipinski definition) is 1. The summed E-state index contributed by atoms with van der Waals surface area (Å²) in [5.41, 5.74) is 2.92. The van der Waals surface area contributed by atoms with Gasteiger partial charge in [-0.15, -0.1) is 11.3 Å². The van der Waals surface area contributed by atoms with Gasteiger partial charge in [0.05, 0.1) is 5.56 Å². The Hall–Kier alpha value is -2.32. The van der Waals surface area contributed by atoms with Crippen LogP contribution in [0.1, 0.15) is 40.8 Å². The SMILES string of the molecule is Cc1ccc(OCC(=O)Nc2sc3c(c2C#N)CCCCC3)cc1. The largest absolute Gasteiger partial charge is 0.484 e. The number of hydrogen-bond acceptors (Lipinski definition) is 4. The Balaban J connectivity index is 1.66. The first kappa shape index (κ1) is 16.5. The van der Waals surface area contributed by atoms with Gasteiger partial charge in [0.25, 0.3) is 5.91 Å². The predicted octanol–water partition coefficient (Wildman–Crippen LogP) is 4.21. The van der Waals surface area contributed by atoms with E-state index in [0.717, 1.165) is 36.8 Å². The van der Waals surface area contributed by atoms with Crippen molar-refractivity contribution in [3.05, 3.63) is 45.8 Å². The van der Waals surface area contributed by atoms with Gasteiger partial charge >= 0.3 is 0 Å². The first-order valence-corrected chi connectivity index (χ1v) is 9.03. The topological polar surface area (TPSA) is 62.1 Å². The highest BCUT2D eigenvalue weighted by Crippen LogP contribution is 2.36. The quantitative estimate of drug-likeness (QED) is 0.848. The number of thiophene rings is 1. The summed E-state index contributed by atoms with van der Waals surface area (Å²) in [6, 6.07) is 9.84. The van der Waals surface area contributed by atoms with Crippen molar-refractivity contribution in [1.29, 1.82) is 5.26 Å². The second-order valence-corrected chi connectivity index (χ2v) is 7.14. The lowest BCUT2D eigenvalue weighted by atomic mass is 10.1. The summed E-state index contributed by atoms with van der Waals surface area (Å²) < 4.78 is 5.50. The van der Waals surface area contributed by atoms with Crippen LogP contribution in [0.3, 0.4) is 0 Å². The number of anilines is 1. The second kappa shape index (κ2) is 7.50. The standard InChI is InChI=1S/C19H20N2O2S/c1-13-7-9-14(10-8-13)23-12-18(22)21-19-16(11-20)15-5-3-2-4-6-17(15)24-19/h7-10H,2-6,12H2,1H3,(H,21,22). The molecule has 1 aliphatic rings. The Morgan fingerprint density at radius 3 is 2.75 bits per heavy atom. The van der Waals surface area contributed by atoms with E-state index < -0.39 is 0 Å². The number of rotatable bonds is 4. The molecule has 0 aliphatic heterocycles. The van der Waals surface area contributed by atoms with E-state index in [1.54, 1.807) is 11.3 Å². The van der Waals surface area contributed by atoms with Crippen molar-refractivity contribution >= 4 is 22.2 Å². The molecule has 0 fully saturated rings. The van der Waals surface area contributed by atoms with Crippen LogP contribution in [-0.2, 0) is 17.6 Å². The summed E-state index contributed by atoms with van der Waals surface area (Å²) in [6.07, 6.45) is 5.41. The van der Waals surface area contributed by atoms with Crippen LogP contribution in [-0.4, -0.2) is 12.5 Å². The van der Waals surface area contributed by atoms with Crippen molar-refractivity contribution in [1.82, 2.24) is 0 Å². The highest BCUT2D eigenvalue weighted by Gasteiger charge is 2.21. The number of benzene rings is 1. The summed E-state index contributed by atoms with van der Waals surface area (Å²) in [5, 5.41) is 13.0. The van der Waals surface area contributed by atoms with Gasteiger partial charge in [-0.3, -0.25) is 4.79 Å². The van der Waals surface area contributed by atoms with E-state index in [1.807, 2.05) is 31.2 Å². The number of fused-ring (bicyclic) bond motifs is 1. The zero-order chi connectivity index (χ0) is 16.9. The zero-order valence-corrected chi connectivity index (χ0v) is 14.5. The maximum atomic E-state index is 12.2. The van der Waals surface area contributed by atoms with Crippen molar-refractivity contribution in [3.63, 3.8) is 0 Å². The number of nitrogens with zero attached hydrogens (tertiary/aromatic N) is 1. The van der Waals surface area contributed by atoms with Gasteiger partial charge in [0.2, 0.25) is 0 Å². The van der Waals surface area contributed by atoms with E-state index in [2.05, 4.69) is 11.4 Å². The van der Waals surface area contributed by atoms with Crippen molar-refractivity contribution in [2.45, 2.75) is 39.0 Å². The lowest BCUT2D eigenvalue weighted by Crippen LogP contribution is -2.20. The molecule has 5 heteroatoms. The van der Waals surface area contributed by atoms with Crippen molar-refractivity contribution < 1.29 is 9.53 Å². The Morgan fingerprint density at radius 1 is 1.25 bits per heavy atom. The molecular weight excluding hydrogens is 320 g/mol. The zero-order valence-electron chi connectivity index (χ0n) is 13.7. The molecule has 0 radical (unpaired) electrons. The number of carbonyl (C=O) groups is 1. The van der Waals surface area contributed by atoms with Gasteiger partial charge in [0.1, 0.15) is 16.8 Å². The number of aryl methyl sites for hydroxylation is 2. The maximum Gasteiger partial charge on any atom is 0.262 e. The molecule has 0 saturated heterocycles. The molecule has 0 bridgehead atoms. The minimum atomic E-state index is -0.233. The van der Waals surface area contributed by atoms with Crippen LogP contribution in [0.4, 0.5) is 5.00 Å². The number of ether oxygens (including phenoxy) is 1. The molecule has 0 spiro atoms. The Labute approximate surface area is 146 Å². The van der Waals surface area contributed by atoms with E-state index in [4.69, 9.17) is 4.74 Å². The first-order chi connectivity index (χ1) is 11.7. The Morgan fingerprint density at radius 2 is 2.00 bits per heavy atom. The number of nitriles is 1. The Bertz CT molecular complexity index is 772. The minimum Gasteiger partial charge on any atom is -0.484 e. The maximum absolute atomic E-state index is 12.2. The smallest absolute Gasteiger partial charge is 0.262 e. The van der Waals surface area contributed by atoms with Gasteiger partial charge < -0.3 is 10.1 Å². The number of nitrogens with one attached hydrogen (secondary N) is 1. The molecule has 0 atom stereocenters. The van der Waals surface area contributed by atoms with Crippen LogP contribution in [0.15, 0.2) is 24.3 Å². The molecule has 1 amide bonds. The van der Waals surface area contributed by atoms with E-state index >= 15 is 0 Å². The average Bonchev–Trinajstić information content (AvgIpc) is 2.74. The van der Waals surface area contributed by atoms with E-state index in [-0.39, 0.29) is 12.5 Å². The normalized spacial score (nSPS) is 13.5. The van der Waals surface area contributed by atoms with Gasteiger partial charge in [-0.05, 0) is 50.3 Å². The summed E-state index contributed by atoms with van der Waals surface area (Å²) >= 11 is 1.54. The van der Waals surface area contributed by atoms with Gasteiger partial charge in [0.15, 0.2) is 6.61 Å². The number of amides is 1. The van der Waals surface area contributed by atoms with Crippen molar-refractivity contribution in [3.8, 4) is 11.8 Å². The van der Waals surface area contributed by atoms with Crippen LogP contribution >= 0.6 is 11.3 Å². The molecule has 1 heterocycles. The Kier molecular flexibility index (Phi) is 5.17. The molecule has 1 aromatic carbocycles. The van der Waals surface area contributed by atoms with E-state index in [9.17, 15) is 10.1 Å². The monoisotopic (exact) mass is 340 g/mol. The molecule has 2 aromatic rings. The molecule has 4 nitrogen and oxygen atoms in total. The highest BCUT2D eigenvalue weighted by molar-refractivity contribution is 7.16. The minimum absolute atomic E-state index is 0.0590. The molecule has 0 saturated carbocycles. The molecular formula is C19H20N2O2S. The van der Waals surface area contributed by atoms with Gasteiger partial charge in [-0.1, -0.05) is 24.1 Å². The van der Waals surface area contributed by atoms with E-state index in [1.165, 1.54) is 11.3 Å². The lowest BCUT2D eigenvalue weighted by Gasteiger charge is -2.07. The van der Waals surface area contributed by atoms with Crippen LogP contribution in [0.25, 0.3) is 0 Å². The molecule has 1 aliphatic carbocycles. The van der Waals surface area contributed by atoms with Crippen LogP contribution in [0.5, 0.6) is 5.75 Å². The van der Waals surface area contributed by atoms with Gasteiger partial charge in [-0.25, -0.2) is 0 Å². The fourth-order valence-corrected chi connectivity index (χ4v) is 4.15. The summed E-state index contributed by atoms with van der Waals surface area (Å²) in [6.45, 7) is 1.94. The van der Waals surface area contributed by atoms with Gasteiger partial charge in [0, 0.05) is 4.88 Å². The van der Waals surface area contributed by atoms with Crippen LogP contribution in [0.2, 0.25) is 0 Å². The van der Waals surface area contributed by atoms with Crippen LogP contribution in [0, 0.1) is 18.3 Å². The molecule has 1 aromatic heterocycles. The summed E-state index contributed by atoms with van der Waals surface area (Å²) in [7, 11) is 0. The fraction of sp³-hybridized carbons (Fsp3) is 0.368. The number of carbonyl (C=O) groups excluding carboxylic acids is 1.